The Balaban J connectivity index is 2.30. The maximum atomic E-state index is 5.63. The van der Waals surface area contributed by atoms with Crippen LogP contribution in [0.3, 0.4) is 0 Å². The first-order valence-corrected chi connectivity index (χ1v) is 6.95. The van der Waals surface area contributed by atoms with Gasteiger partial charge in [-0.3, -0.25) is 0 Å². The standard InChI is InChI=1S/C12H16N6OS/c1-5-19-10-16-9(13)17-12(18-10)20-11-14-7(3)6(2)8(4)15-11/h5H2,1-4H3,(H2,13,16,17,18). The van der Waals surface area contributed by atoms with Crippen molar-refractivity contribution >= 4 is 17.7 Å². The van der Waals surface area contributed by atoms with Crippen molar-refractivity contribution in [1.82, 2.24) is 24.9 Å². The number of ether oxygens (including phenoxy) is 1. The van der Waals surface area contributed by atoms with Gasteiger partial charge in [0.25, 0.3) is 0 Å². The molecule has 0 fully saturated rings. The van der Waals surface area contributed by atoms with Gasteiger partial charge >= 0.3 is 6.01 Å². The third-order valence-corrected chi connectivity index (χ3v) is 3.41. The first-order chi connectivity index (χ1) is 9.49. The minimum absolute atomic E-state index is 0.117. The van der Waals surface area contributed by atoms with Gasteiger partial charge < -0.3 is 10.5 Å². The summed E-state index contributed by atoms with van der Waals surface area (Å²) < 4.78 is 5.24. The Morgan fingerprint density at radius 1 is 0.950 bits per heavy atom. The van der Waals surface area contributed by atoms with E-state index in [1.165, 1.54) is 11.8 Å². The molecule has 0 amide bonds. The smallest absolute Gasteiger partial charge is 0.322 e. The van der Waals surface area contributed by atoms with E-state index in [0.717, 1.165) is 17.0 Å². The van der Waals surface area contributed by atoms with Crippen molar-refractivity contribution in [2.24, 2.45) is 0 Å². The van der Waals surface area contributed by atoms with E-state index in [0.29, 0.717) is 16.9 Å². The SMILES string of the molecule is CCOc1nc(N)nc(Sc2nc(C)c(C)c(C)n2)n1. The van der Waals surface area contributed by atoms with Crippen LogP contribution in [-0.2, 0) is 0 Å². The Kier molecular flexibility index (Phi) is 4.33. The molecule has 0 saturated carbocycles. The van der Waals surface area contributed by atoms with Crippen LogP contribution in [0.25, 0.3) is 0 Å². The lowest BCUT2D eigenvalue weighted by Gasteiger charge is -2.07. The Hall–Kier alpha value is -1.96. The zero-order chi connectivity index (χ0) is 14.7. The summed E-state index contributed by atoms with van der Waals surface area (Å²) in [5, 5.41) is 1.00. The number of hydrogen-bond donors (Lipinski definition) is 1. The average molecular weight is 292 g/mol. The number of nitrogen functional groups attached to an aromatic ring is 1. The summed E-state index contributed by atoms with van der Waals surface area (Å²) in [6.07, 6.45) is 0. The minimum Gasteiger partial charge on any atom is -0.464 e. The number of aromatic nitrogens is 5. The van der Waals surface area contributed by atoms with Crippen LogP contribution >= 0.6 is 11.8 Å². The number of aryl methyl sites for hydroxylation is 2. The molecule has 0 spiro atoms. The number of anilines is 1. The highest BCUT2D eigenvalue weighted by atomic mass is 32.2. The zero-order valence-electron chi connectivity index (χ0n) is 11.8. The fourth-order valence-electron chi connectivity index (χ4n) is 1.46. The first-order valence-electron chi connectivity index (χ1n) is 6.13. The summed E-state index contributed by atoms with van der Waals surface area (Å²) in [6, 6.07) is 0.211. The molecule has 0 unspecified atom stereocenters. The molecule has 2 aromatic heterocycles. The summed E-state index contributed by atoms with van der Waals surface area (Å²) in [5.74, 6) is 0.117. The number of nitrogens with two attached hydrogens (primary N) is 1. The Labute approximate surface area is 121 Å². The molecule has 0 aliphatic rings. The molecule has 20 heavy (non-hydrogen) atoms. The van der Waals surface area contributed by atoms with E-state index in [-0.39, 0.29) is 12.0 Å². The van der Waals surface area contributed by atoms with E-state index in [4.69, 9.17) is 10.5 Å². The topological polar surface area (TPSA) is 99.7 Å². The summed E-state index contributed by atoms with van der Waals surface area (Å²) in [5.41, 5.74) is 8.59. The van der Waals surface area contributed by atoms with Gasteiger partial charge in [0, 0.05) is 11.4 Å². The van der Waals surface area contributed by atoms with E-state index < -0.39 is 0 Å². The molecule has 0 aliphatic carbocycles. The molecule has 106 valence electrons. The van der Waals surface area contributed by atoms with Crippen LogP contribution in [0.4, 0.5) is 5.95 Å². The highest BCUT2D eigenvalue weighted by Gasteiger charge is 2.11. The van der Waals surface area contributed by atoms with Gasteiger partial charge in [0.2, 0.25) is 11.1 Å². The summed E-state index contributed by atoms with van der Waals surface area (Å²) >= 11 is 1.23. The third kappa shape index (κ3) is 3.32. The fourth-order valence-corrected chi connectivity index (χ4v) is 2.25. The van der Waals surface area contributed by atoms with E-state index in [9.17, 15) is 0 Å². The predicted octanol–water partition coefficient (Wildman–Crippen LogP) is 1.72. The third-order valence-electron chi connectivity index (χ3n) is 2.68. The van der Waals surface area contributed by atoms with Gasteiger partial charge in [-0.15, -0.1) is 0 Å². The lowest BCUT2D eigenvalue weighted by Crippen LogP contribution is -2.05. The average Bonchev–Trinajstić information content (AvgIpc) is 2.35. The van der Waals surface area contributed by atoms with E-state index in [1.54, 1.807) is 0 Å². The minimum atomic E-state index is 0.117. The van der Waals surface area contributed by atoms with Gasteiger partial charge in [-0.2, -0.15) is 15.0 Å². The summed E-state index contributed by atoms with van der Waals surface area (Å²) in [6.45, 7) is 8.20. The van der Waals surface area contributed by atoms with Crippen LogP contribution < -0.4 is 10.5 Å². The van der Waals surface area contributed by atoms with E-state index >= 15 is 0 Å². The molecule has 2 aromatic rings. The summed E-state index contributed by atoms with van der Waals surface area (Å²) in [4.78, 5) is 20.9. The van der Waals surface area contributed by atoms with Crippen LogP contribution in [0.15, 0.2) is 10.3 Å². The highest BCUT2D eigenvalue weighted by molar-refractivity contribution is 7.99. The van der Waals surface area contributed by atoms with Crippen molar-refractivity contribution < 1.29 is 4.74 Å². The van der Waals surface area contributed by atoms with Gasteiger partial charge in [0.05, 0.1) is 6.61 Å². The van der Waals surface area contributed by atoms with Gasteiger partial charge in [-0.25, -0.2) is 9.97 Å². The van der Waals surface area contributed by atoms with Gasteiger partial charge in [-0.1, -0.05) is 0 Å². The van der Waals surface area contributed by atoms with Crippen LogP contribution in [0.1, 0.15) is 23.9 Å². The van der Waals surface area contributed by atoms with E-state index in [1.807, 2.05) is 27.7 Å². The van der Waals surface area contributed by atoms with Crippen LogP contribution in [0, 0.1) is 20.8 Å². The lowest BCUT2D eigenvalue weighted by molar-refractivity contribution is 0.308. The molecule has 0 aromatic carbocycles. The molecule has 2 N–H and O–H groups in total. The molecule has 0 aliphatic heterocycles. The second kappa shape index (κ2) is 6.00. The maximum absolute atomic E-state index is 5.63. The highest BCUT2D eigenvalue weighted by Crippen LogP contribution is 2.24. The fraction of sp³-hybridized carbons (Fsp3) is 0.417. The van der Waals surface area contributed by atoms with Crippen LogP contribution in [0.2, 0.25) is 0 Å². The van der Waals surface area contributed by atoms with Gasteiger partial charge in [-0.05, 0) is 45.0 Å². The lowest BCUT2D eigenvalue weighted by atomic mass is 10.2. The second-order valence-corrected chi connectivity index (χ2v) is 5.03. The van der Waals surface area contributed by atoms with Crippen molar-refractivity contribution in [3.63, 3.8) is 0 Å². The predicted molar refractivity (Wildman–Crippen MR) is 75.8 cm³/mol. The molecular formula is C12H16N6OS. The molecule has 0 saturated heterocycles. The van der Waals surface area contributed by atoms with Crippen LogP contribution in [-0.4, -0.2) is 31.5 Å². The molecule has 0 radical (unpaired) electrons. The van der Waals surface area contributed by atoms with E-state index in [2.05, 4.69) is 24.9 Å². The van der Waals surface area contributed by atoms with Crippen molar-refractivity contribution in [2.45, 2.75) is 38.0 Å². The molecule has 2 rings (SSSR count). The number of nitrogens with zero attached hydrogens (tertiary/aromatic N) is 5. The Bertz CT molecular complexity index is 610. The first kappa shape index (κ1) is 14.4. The second-order valence-electron chi connectivity index (χ2n) is 4.10. The molecule has 0 atom stereocenters. The normalized spacial score (nSPS) is 10.6. The zero-order valence-corrected chi connectivity index (χ0v) is 12.7. The molecule has 0 bridgehead atoms. The Morgan fingerprint density at radius 2 is 1.55 bits per heavy atom. The molecule has 2 heterocycles. The van der Waals surface area contributed by atoms with Gasteiger partial charge in [0.1, 0.15) is 0 Å². The van der Waals surface area contributed by atoms with Crippen molar-refractivity contribution in [3.05, 3.63) is 17.0 Å². The molecular weight excluding hydrogens is 276 g/mol. The maximum Gasteiger partial charge on any atom is 0.322 e. The Morgan fingerprint density at radius 3 is 2.15 bits per heavy atom. The summed E-state index contributed by atoms with van der Waals surface area (Å²) in [7, 11) is 0. The monoisotopic (exact) mass is 292 g/mol. The van der Waals surface area contributed by atoms with Crippen molar-refractivity contribution in [1.29, 1.82) is 0 Å². The largest absolute Gasteiger partial charge is 0.464 e. The quantitative estimate of drug-likeness (QED) is 0.850. The van der Waals surface area contributed by atoms with Crippen molar-refractivity contribution in [2.75, 3.05) is 12.3 Å². The molecule has 7 nitrogen and oxygen atoms in total. The van der Waals surface area contributed by atoms with Gasteiger partial charge in [0.15, 0.2) is 5.16 Å². The van der Waals surface area contributed by atoms with Crippen molar-refractivity contribution in [3.8, 4) is 6.01 Å². The number of hydrogen-bond acceptors (Lipinski definition) is 8. The van der Waals surface area contributed by atoms with Crippen LogP contribution in [0.5, 0.6) is 6.01 Å². The number of rotatable bonds is 4. The molecule has 8 heteroatoms.